The number of esters is 1. The number of nitrogens with zero attached hydrogens (tertiary/aromatic N) is 3. The van der Waals surface area contributed by atoms with Crippen molar-refractivity contribution >= 4 is 28.2 Å². The van der Waals surface area contributed by atoms with Gasteiger partial charge in [-0.2, -0.15) is 5.10 Å². The second-order valence-electron chi connectivity index (χ2n) is 8.00. The monoisotopic (exact) mass is 418 g/mol. The lowest BCUT2D eigenvalue weighted by atomic mass is 9.95. The molecule has 2 heterocycles. The molecular weight excluding hydrogens is 388 g/mol. The van der Waals surface area contributed by atoms with Gasteiger partial charge >= 0.3 is 5.97 Å². The van der Waals surface area contributed by atoms with E-state index in [0.717, 1.165) is 42.5 Å². The summed E-state index contributed by atoms with van der Waals surface area (Å²) in [5, 5.41) is 7.94. The van der Waals surface area contributed by atoms with Crippen LogP contribution in [0, 0.1) is 6.92 Å². The molecule has 8 heteroatoms. The van der Waals surface area contributed by atoms with Gasteiger partial charge in [0.25, 0.3) is 0 Å². The molecule has 0 spiro atoms. The van der Waals surface area contributed by atoms with E-state index in [2.05, 4.69) is 10.4 Å². The molecule has 0 aromatic carbocycles. The number of carbonyl (C=O) groups is 2. The van der Waals surface area contributed by atoms with Crippen LogP contribution >= 0.6 is 11.3 Å². The van der Waals surface area contributed by atoms with Crippen molar-refractivity contribution < 1.29 is 14.3 Å². The largest absolute Gasteiger partial charge is 0.459 e. The molecule has 158 valence electrons. The van der Waals surface area contributed by atoms with Gasteiger partial charge in [-0.05, 0) is 59.1 Å². The molecule has 0 radical (unpaired) electrons. The lowest BCUT2D eigenvalue weighted by Crippen LogP contribution is -2.30. The molecule has 1 aliphatic rings. The Hall–Kier alpha value is -2.19. The van der Waals surface area contributed by atoms with Gasteiger partial charge < -0.3 is 10.1 Å². The van der Waals surface area contributed by atoms with Crippen molar-refractivity contribution in [2.75, 3.05) is 18.9 Å². The summed E-state index contributed by atoms with van der Waals surface area (Å²) in [4.78, 5) is 28.5. The van der Waals surface area contributed by atoms with Crippen molar-refractivity contribution in [3.8, 4) is 0 Å². The molecule has 7 nitrogen and oxygen atoms in total. The third-order valence-corrected chi connectivity index (χ3v) is 6.15. The normalized spacial score (nSPS) is 13.6. The molecule has 2 aromatic rings. The number of nitrogens with one attached hydrogen (secondary N) is 1. The molecule has 0 fully saturated rings. The summed E-state index contributed by atoms with van der Waals surface area (Å²) < 4.78 is 7.23. The van der Waals surface area contributed by atoms with Crippen LogP contribution in [0.4, 0.5) is 5.00 Å². The zero-order valence-corrected chi connectivity index (χ0v) is 18.7. The molecule has 0 saturated carbocycles. The Morgan fingerprint density at radius 2 is 2.07 bits per heavy atom. The molecule has 0 unspecified atom stereocenters. The van der Waals surface area contributed by atoms with Crippen LogP contribution in [0.25, 0.3) is 0 Å². The minimum absolute atomic E-state index is 0.133. The van der Waals surface area contributed by atoms with Crippen LogP contribution < -0.4 is 5.32 Å². The Labute approximate surface area is 176 Å². The molecule has 29 heavy (non-hydrogen) atoms. The summed E-state index contributed by atoms with van der Waals surface area (Å²) in [5.74, 6) is -0.472. The van der Waals surface area contributed by atoms with Crippen LogP contribution in [0.3, 0.4) is 0 Å². The Morgan fingerprint density at radius 3 is 2.72 bits per heavy atom. The fourth-order valence-corrected chi connectivity index (χ4v) is 5.00. The van der Waals surface area contributed by atoms with Crippen molar-refractivity contribution in [1.82, 2.24) is 14.7 Å². The van der Waals surface area contributed by atoms with Crippen LogP contribution in [0.1, 0.15) is 58.7 Å². The number of aromatic nitrogens is 2. The highest BCUT2D eigenvalue weighted by atomic mass is 32.1. The van der Waals surface area contributed by atoms with Gasteiger partial charge in [0.15, 0.2) is 0 Å². The minimum atomic E-state index is -0.339. The van der Waals surface area contributed by atoms with E-state index in [9.17, 15) is 9.59 Å². The number of amides is 1. The van der Waals surface area contributed by atoms with Crippen molar-refractivity contribution in [3.63, 3.8) is 0 Å². The standard InChI is InChI=1S/C21H30N4O3S/c1-13(2)28-21(27)19-16-8-6-7-9-17(16)29-20(19)22-18(26)12-24(4)10-15-11-25(5)23-14(15)3/h11,13H,6-10,12H2,1-5H3,(H,22,26). The zero-order valence-electron chi connectivity index (χ0n) is 17.9. The lowest BCUT2D eigenvalue weighted by Gasteiger charge is -2.16. The fourth-order valence-electron chi connectivity index (χ4n) is 3.70. The number of aryl methyl sites for hydroxylation is 3. The summed E-state index contributed by atoms with van der Waals surface area (Å²) in [6.07, 6.45) is 5.78. The van der Waals surface area contributed by atoms with Crippen molar-refractivity contribution in [2.24, 2.45) is 7.05 Å². The van der Waals surface area contributed by atoms with Crippen molar-refractivity contribution in [2.45, 2.75) is 59.1 Å². The first-order valence-corrected chi connectivity index (χ1v) is 10.9. The van der Waals surface area contributed by atoms with Crippen LogP contribution in [0.15, 0.2) is 6.20 Å². The SMILES string of the molecule is Cc1nn(C)cc1CN(C)CC(=O)Nc1sc2c(c1C(=O)OC(C)C)CCCC2. The van der Waals surface area contributed by atoms with Crippen LogP contribution in [-0.2, 0) is 36.0 Å². The number of hydrogen-bond acceptors (Lipinski definition) is 6. The summed E-state index contributed by atoms with van der Waals surface area (Å²) in [7, 11) is 3.79. The first-order valence-electron chi connectivity index (χ1n) is 10.1. The van der Waals surface area contributed by atoms with E-state index < -0.39 is 0 Å². The van der Waals surface area contributed by atoms with E-state index >= 15 is 0 Å². The molecule has 1 aliphatic carbocycles. The lowest BCUT2D eigenvalue weighted by molar-refractivity contribution is -0.117. The topological polar surface area (TPSA) is 76.5 Å². The second-order valence-corrected chi connectivity index (χ2v) is 9.11. The van der Waals surface area contributed by atoms with E-state index in [4.69, 9.17) is 4.74 Å². The molecule has 1 N–H and O–H groups in total. The number of likely N-dealkylation sites (N-methyl/N-ethyl adjacent to an activating group) is 1. The zero-order chi connectivity index (χ0) is 21.1. The van der Waals surface area contributed by atoms with Gasteiger partial charge in [-0.25, -0.2) is 4.79 Å². The third kappa shape index (κ3) is 5.25. The number of thiophene rings is 1. The third-order valence-electron chi connectivity index (χ3n) is 4.94. The van der Waals surface area contributed by atoms with Gasteiger partial charge in [-0.1, -0.05) is 0 Å². The first kappa shape index (κ1) is 21.5. The van der Waals surface area contributed by atoms with E-state index in [-0.39, 0.29) is 24.5 Å². The predicted molar refractivity (Wildman–Crippen MR) is 114 cm³/mol. The molecule has 2 aromatic heterocycles. The number of rotatable bonds is 7. The smallest absolute Gasteiger partial charge is 0.341 e. The molecule has 0 atom stereocenters. The molecular formula is C21H30N4O3S. The first-order chi connectivity index (χ1) is 13.7. The molecule has 0 aliphatic heterocycles. The van der Waals surface area contributed by atoms with E-state index in [1.54, 1.807) is 4.68 Å². The van der Waals surface area contributed by atoms with Crippen molar-refractivity contribution in [1.29, 1.82) is 0 Å². The Balaban J connectivity index is 1.71. The average Bonchev–Trinajstić information content (AvgIpc) is 3.12. The van der Waals surface area contributed by atoms with E-state index in [1.165, 1.54) is 16.2 Å². The van der Waals surface area contributed by atoms with Gasteiger partial charge in [0.05, 0.1) is 23.9 Å². The Kier molecular flexibility index (Phi) is 6.74. The maximum absolute atomic E-state index is 12.7. The molecule has 0 saturated heterocycles. The summed E-state index contributed by atoms with van der Waals surface area (Å²) in [5.41, 5.74) is 3.67. The van der Waals surface area contributed by atoms with E-state index in [0.29, 0.717) is 17.1 Å². The molecule has 3 rings (SSSR count). The van der Waals surface area contributed by atoms with Gasteiger partial charge in [0.1, 0.15) is 5.00 Å². The number of carbonyl (C=O) groups excluding carboxylic acids is 2. The predicted octanol–water partition coefficient (Wildman–Crippen LogP) is 3.30. The summed E-state index contributed by atoms with van der Waals surface area (Å²) in [6, 6.07) is 0. The van der Waals surface area contributed by atoms with Crippen molar-refractivity contribution in [3.05, 3.63) is 33.5 Å². The minimum Gasteiger partial charge on any atom is -0.459 e. The highest BCUT2D eigenvalue weighted by Crippen LogP contribution is 2.38. The number of anilines is 1. The van der Waals surface area contributed by atoms with Gasteiger partial charge in [-0.3, -0.25) is 14.4 Å². The molecule has 1 amide bonds. The van der Waals surface area contributed by atoms with Crippen LogP contribution in [-0.4, -0.2) is 46.3 Å². The number of ether oxygens (including phenoxy) is 1. The van der Waals surface area contributed by atoms with Crippen LogP contribution in [0.5, 0.6) is 0 Å². The maximum Gasteiger partial charge on any atom is 0.341 e. The van der Waals surface area contributed by atoms with Gasteiger partial charge in [0, 0.05) is 30.2 Å². The highest BCUT2D eigenvalue weighted by Gasteiger charge is 2.28. The van der Waals surface area contributed by atoms with E-state index in [1.807, 2.05) is 46.0 Å². The average molecular weight is 419 g/mol. The number of hydrogen-bond donors (Lipinski definition) is 1. The quantitative estimate of drug-likeness (QED) is 0.698. The fraction of sp³-hybridized carbons (Fsp3) is 0.571. The van der Waals surface area contributed by atoms with Crippen LogP contribution in [0.2, 0.25) is 0 Å². The Bertz CT molecular complexity index is 900. The summed E-state index contributed by atoms with van der Waals surface area (Å²) >= 11 is 1.52. The second kappa shape index (κ2) is 9.09. The van der Waals surface area contributed by atoms with Gasteiger partial charge in [0.2, 0.25) is 5.91 Å². The van der Waals surface area contributed by atoms with Gasteiger partial charge in [-0.15, -0.1) is 11.3 Å². The highest BCUT2D eigenvalue weighted by molar-refractivity contribution is 7.17. The summed E-state index contributed by atoms with van der Waals surface area (Å²) in [6.45, 7) is 6.51. The number of fused-ring (bicyclic) bond motifs is 1. The Morgan fingerprint density at radius 1 is 1.34 bits per heavy atom. The maximum atomic E-state index is 12.7. The molecule has 0 bridgehead atoms.